The van der Waals surface area contributed by atoms with Crippen molar-refractivity contribution in [2.24, 2.45) is 23.1 Å². The molecule has 0 spiro atoms. The van der Waals surface area contributed by atoms with Crippen LogP contribution in [0.1, 0.15) is 102 Å². The zero-order chi connectivity index (χ0) is 59.7. The first-order valence-corrected chi connectivity index (χ1v) is 29.0. The molecule has 7 N–H and O–H groups in total. The molecular formula is C58H69N15O9S. The molecule has 3 aliphatic rings. The number of anilines is 1. The fraction of sp³-hybridized carbons (Fsp3) is 0.345. The summed E-state index contributed by atoms with van der Waals surface area (Å²) in [6.45, 7) is 19.2. The molecule has 0 unspecified atom stereocenters. The third-order valence-electron chi connectivity index (χ3n) is 14.4. The number of furan rings is 1. The maximum atomic E-state index is 12.0. The SMILES string of the molecule is C=CC(=O)N1CCC[C@@H](n2cc(C(N)=O)c(-c3ccc4occc4c3)n2)C1.C=CC(=O)N1CCC[C@@H](n2cc(C(N)=O)c(-c3cccc(NS(C)(=O)=O)c3)n2)C1.C=CC(=O)N1CCC[C@@H](n2cc(C(N)=O)c(-c3cnn(CC(C)C)c3)n2)C1. The topological polar surface area (TPSA) is 321 Å². The van der Waals surface area contributed by atoms with Crippen LogP contribution in [0.15, 0.2) is 128 Å². The molecule has 0 bridgehead atoms. The summed E-state index contributed by atoms with van der Waals surface area (Å²) in [5.74, 6) is -1.55. The summed E-state index contributed by atoms with van der Waals surface area (Å²) in [6, 6.07) is 14.0. The van der Waals surface area contributed by atoms with E-state index in [0.29, 0.717) is 84.6 Å². The van der Waals surface area contributed by atoms with E-state index in [1.165, 1.54) is 18.2 Å². The first kappa shape index (κ1) is 59.7. The van der Waals surface area contributed by atoms with Crippen LogP contribution >= 0.6 is 0 Å². The van der Waals surface area contributed by atoms with Gasteiger partial charge in [-0.2, -0.15) is 20.4 Å². The minimum atomic E-state index is -3.44. The van der Waals surface area contributed by atoms with Crippen LogP contribution in [-0.2, 0) is 31.0 Å². The van der Waals surface area contributed by atoms with Crippen LogP contribution in [0.3, 0.4) is 0 Å². The number of fused-ring (bicyclic) bond motifs is 1. The monoisotopic (exact) mass is 1150 g/mol. The Hall–Kier alpha value is -9.39. The summed E-state index contributed by atoms with van der Waals surface area (Å²) < 4.78 is 37.8. The van der Waals surface area contributed by atoms with E-state index in [1.807, 2.05) is 35.1 Å². The average molecular weight is 1150 g/mol. The van der Waals surface area contributed by atoms with Crippen LogP contribution in [0, 0.1) is 5.92 Å². The minimum absolute atomic E-state index is 0.000193. The third kappa shape index (κ3) is 14.6. The second kappa shape index (κ2) is 26.0. The Labute approximate surface area is 480 Å². The van der Waals surface area contributed by atoms with E-state index in [1.54, 1.807) is 84.1 Å². The van der Waals surface area contributed by atoms with Crippen LogP contribution in [0.25, 0.3) is 44.7 Å². The highest BCUT2D eigenvalue weighted by Gasteiger charge is 2.30. The highest BCUT2D eigenvalue weighted by molar-refractivity contribution is 7.92. The number of rotatable bonds is 16. The van der Waals surface area contributed by atoms with E-state index in [4.69, 9.17) is 21.6 Å². The van der Waals surface area contributed by atoms with Gasteiger partial charge in [0.25, 0.3) is 17.7 Å². The first-order valence-electron chi connectivity index (χ1n) is 27.1. The first-order chi connectivity index (χ1) is 39.6. The molecule has 3 atom stereocenters. The Morgan fingerprint density at radius 2 is 1.08 bits per heavy atom. The molecule has 3 saturated heterocycles. The third-order valence-corrected chi connectivity index (χ3v) is 15.0. The van der Waals surface area contributed by atoms with Crippen molar-refractivity contribution in [3.05, 3.63) is 140 Å². The summed E-state index contributed by atoms with van der Waals surface area (Å²) >= 11 is 0. The van der Waals surface area contributed by atoms with Gasteiger partial charge in [0.05, 0.1) is 53.5 Å². The number of benzene rings is 2. The summed E-state index contributed by atoms with van der Waals surface area (Å²) in [6.07, 6.45) is 20.3. The molecule has 8 heterocycles. The van der Waals surface area contributed by atoms with Crippen molar-refractivity contribution in [3.63, 3.8) is 0 Å². The highest BCUT2D eigenvalue weighted by Crippen LogP contribution is 2.32. The molecule has 436 valence electrons. The van der Waals surface area contributed by atoms with Gasteiger partial charge in [-0.05, 0) is 99.1 Å². The van der Waals surface area contributed by atoms with E-state index in [-0.39, 0.29) is 41.4 Å². The normalized spacial score (nSPS) is 17.2. The number of nitrogens with zero attached hydrogens (tertiary/aromatic N) is 11. The van der Waals surface area contributed by atoms with E-state index >= 15 is 0 Å². The van der Waals surface area contributed by atoms with Gasteiger partial charge >= 0.3 is 0 Å². The molecule has 83 heavy (non-hydrogen) atoms. The molecule has 25 heteroatoms. The molecule has 2 aromatic carbocycles. The number of carbonyl (C=O) groups is 6. The molecular weight excluding hydrogens is 1080 g/mol. The van der Waals surface area contributed by atoms with Crippen LogP contribution in [0.2, 0.25) is 0 Å². The van der Waals surface area contributed by atoms with Crippen molar-refractivity contribution >= 4 is 62.1 Å². The summed E-state index contributed by atoms with van der Waals surface area (Å²) in [5.41, 5.74) is 22.4. The molecule has 0 aliphatic carbocycles. The number of piperidine rings is 3. The average Bonchev–Trinajstić information content (AvgIpc) is 4.48. The largest absolute Gasteiger partial charge is 0.464 e. The van der Waals surface area contributed by atoms with Crippen molar-refractivity contribution in [1.29, 1.82) is 0 Å². The number of amides is 6. The van der Waals surface area contributed by atoms with Crippen LogP contribution < -0.4 is 21.9 Å². The molecule has 5 aromatic heterocycles. The maximum absolute atomic E-state index is 12.0. The van der Waals surface area contributed by atoms with Crippen LogP contribution in [0.4, 0.5) is 5.69 Å². The smallest absolute Gasteiger partial charge is 0.252 e. The Morgan fingerprint density at radius 3 is 1.51 bits per heavy atom. The molecule has 3 aliphatic heterocycles. The molecule has 10 rings (SSSR count). The zero-order valence-electron chi connectivity index (χ0n) is 46.7. The number of likely N-dealkylation sites (tertiary alicyclic amines) is 3. The summed E-state index contributed by atoms with van der Waals surface area (Å²) in [5, 5.41) is 19.1. The minimum Gasteiger partial charge on any atom is -0.464 e. The van der Waals surface area contributed by atoms with Gasteiger partial charge < -0.3 is 36.3 Å². The van der Waals surface area contributed by atoms with Gasteiger partial charge in [0.15, 0.2) is 0 Å². The van der Waals surface area contributed by atoms with Crippen molar-refractivity contribution in [3.8, 4) is 33.8 Å². The fourth-order valence-corrected chi connectivity index (χ4v) is 11.0. The van der Waals surface area contributed by atoms with E-state index in [0.717, 1.165) is 73.4 Å². The molecule has 0 radical (unpaired) electrons. The highest BCUT2D eigenvalue weighted by atomic mass is 32.2. The predicted octanol–water partition coefficient (Wildman–Crippen LogP) is 5.97. The molecule has 0 saturated carbocycles. The Balaban J connectivity index is 0.000000163. The van der Waals surface area contributed by atoms with Gasteiger partial charge in [0.2, 0.25) is 27.7 Å². The van der Waals surface area contributed by atoms with Gasteiger partial charge in [-0.15, -0.1) is 0 Å². The molecule has 7 aromatic rings. The molecule has 3 fully saturated rings. The quantitative estimate of drug-likeness (QED) is 0.0812. The second-order valence-electron chi connectivity index (χ2n) is 21.0. The van der Waals surface area contributed by atoms with E-state index in [9.17, 15) is 37.2 Å². The lowest BCUT2D eigenvalue weighted by Crippen LogP contribution is -2.40. The van der Waals surface area contributed by atoms with Crippen molar-refractivity contribution in [2.75, 3.05) is 50.2 Å². The maximum Gasteiger partial charge on any atom is 0.252 e. The number of nitrogens with one attached hydrogen (secondary N) is 1. The van der Waals surface area contributed by atoms with Crippen molar-refractivity contribution < 1.29 is 41.6 Å². The van der Waals surface area contributed by atoms with Crippen LogP contribution in [0.5, 0.6) is 0 Å². The van der Waals surface area contributed by atoms with Gasteiger partial charge in [0, 0.05) is 98.4 Å². The second-order valence-corrected chi connectivity index (χ2v) is 22.8. The Kier molecular flexibility index (Phi) is 18.7. The van der Waals surface area contributed by atoms with Crippen molar-refractivity contribution in [2.45, 2.75) is 77.0 Å². The number of primary amides is 3. The van der Waals surface area contributed by atoms with Crippen LogP contribution in [-0.4, -0.2) is 143 Å². The van der Waals surface area contributed by atoms with Gasteiger partial charge in [0.1, 0.15) is 22.7 Å². The molecule has 6 amide bonds. The summed E-state index contributed by atoms with van der Waals surface area (Å²) in [4.78, 5) is 77.0. The number of carbonyl (C=O) groups excluding carboxylic acids is 6. The van der Waals surface area contributed by atoms with E-state index in [2.05, 4.69) is 58.7 Å². The number of hydrogen-bond donors (Lipinski definition) is 4. The van der Waals surface area contributed by atoms with Gasteiger partial charge in [-0.25, -0.2) is 8.42 Å². The number of sulfonamides is 1. The predicted molar refractivity (Wildman–Crippen MR) is 313 cm³/mol. The molecule has 24 nitrogen and oxygen atoms in total. The Bertz CT molecular complexity index is 3700. The lowest BCUT2D eigenvalue weighted by atomic mass is 10.1. The number of aromatic nitrogens is 8. The Morgan fingerprint density at radius 1 is 0.639 bits per heavy atom. The number of hydrogen-bond acceptors (Lipinski definition) is 13. The van der Waals surface area contributed by atoms with Gasteiger partial charge in [-0.1, -0.05) is 45.7 Å². The standard InChI is InChI=1S/C20H20N4O3.C19H26N6O2.C19H23N5O4S/c1-2-18(25)23-8-3-4-15(11-23)24-12-16(20(21)26)19(22-24)14-5-6-17-13(10-14)7-9-27-17;1-4-17(26)23-7-5-6-15(11-23)25-12-16(19(20)27)18(22-25)14-8-21-24(10-14)9-13(2)3;1-3-17(25)23-9-5-8-15(11-23)24-12-16(19(20)26)18(21-24)13-6-4-7-14(10-13)22-29(2,27)28/h2,5-7,9-10,12,15H,1,3-4,8,11H2,(H2,21,26);4,8,10,12-13,15H,1,5-7,9,11H2,2-3H3,(H2,20,27);3-4,6-7,10,12,15,22H,1,5,8-9,11H2,2H3,(H2,20,26)/t3*15-/m111/s1. The lowest BCUT2D eigenvalue weighted by molar-refractivity contribution is -0.128. The lowest BCUT2D eigenvalue weighted by Gasteiger charge is -2.32. The van der Waals surface area contributed by atoms with E-state index < -0.39 is 27.7 Å². The summed E-state index contributed by atoms with van der Waals surface area (Å²) in [7, 11) is -3.44. The van der Waals surface area contributed by atoms with Crippen molar-refractivity contribution in [1.82, 2.24) is 53.8 Å². The number of nitrogens with two attached hydrogens (primary N) is 3. The fourth-order valence-electron chi connectivity index (χ4n) is 10.4. The zero-order valence-corrected chi connectivity index (χ0v) is 47.5. The van der Waals surface area contributed by atoms with Gasteiger partial charge in [-0.3, -0.25) is 52.2 Å².